The van der Waals surface area contributed by atoms with Gasteiger partial charge in [0.25, 0.3) is 0 Å². The number of hydrogen-bond donors (Lipinski definition) is 1. The number of aromatic nitrogens is 1. The van der Waals surface area contributed by atoms with Gasteiger partial charge in [-0.05, 0) is 62.3 Å². The summed E-state index contributed by atoms with van der Waals surface area (Å²) in [6, 6.07) is 15.4. The molecular weight excluding hydrogens is 306 g/mol. The van der Waals surface area contributed by atoms with Crippen molar-refractivity contribution in [2.75, 3.05) is 25.0 Å². The first-order chi connectivity index (χ1) is 12.2. The van der Waals surface area contributed by atoms with Crippen LogP contribution in [0.3, 0.4) is 0 Å². The summed E-state index contributed by atoms with van der Waals surface area (Å²) in [6.07, 6.45) is 4.30. The van der Waals surface area contributed by atoms with Crippen molar-refractivity contribution in [1.82, 2.24) is 9.88 Å². The van der Waals surface area contributed by atoms with Crippen molar-refractivity contribution in [2.24, 2.45) is 0 Å². The molecule has 0 saturated carbocycles. The van der Waals surface area contributed by atoms with E-state index in [1.165, 1.54) is 41.2 Å². The van der Waals surface area contributed by atoms with Crippen LogP contribution in [0.5, 0.6) is 0 Å². The van der Waals surface area contributed by atoms with Gasteiger partial charge in [0.05, 0.1) is 5.52 Å². The maximum absolute atomic E-state index is 4.56. The minimum atomic E-state index is 0.445. The van der Waals surface area contributed by atoms with E-state index in [-0.39, 0.29) is 0 Å². The third-order valence-electron chi connectivity index (χ3n) is 5.04. The molecule has 1 atom stereocenters. The van der Waals surface area contributed by atoms with Crippen LogP contribution in [0.4, 0.5) is 5.69 Å². The Kier molecular flexibility index (Phi) is 5.87. The number of nitrogens with zero attached hydrogens (tertiary/aromatic N) is 2. The van der Waals surface area contributed by atoms with Crippen LogP contribution in [0.25, 0.3) is 21.7 Å². The predicted octanol–water partition coefficient (Wildman–Crippen LogP) is 5.31. The first-order valence-corrected chi connectivity index (χ1v) is 9.48. The van der Waals surface area contributed by atoms with Crippen LogP contribution in [-0.4, -0.2) is 35.6 Å². The van der Waals surface area contributed by atoms with Gasteiger partial charge in [0.15, 0.2) is 0 Å². The monoisotopic (exact) mass is 335 g/mol. The van der Waals surface area contributed by atoms with Gasteiger partial charge < -0.3 is 10.2 Å². The lowest BCUT2D eigenvalue weighted by Gasteiger charge is -2.21. The van der Waals surface area contributed by atoms with Crippen LogP contribution in [-0.2, 0) is 0 Å². The number of hydrogen-bond acceptors (Lipinski definition) is 3. The predicted molar refractivity (Wildman–Crippen MR) is 109 cm³/mol. The van der Waals surface area contributed by atoms with Gasteiger partial charge in [0.2, 0.25) is 0 Å². The Labute approximate surface area is 151 Å². The van der Waals surface area contributed by atoms with Crippen molar-refractivity contribution >= 4 is 27.4 Å². The Balaban J connectivity index is 1.78. The fraction of sp³-hybridized carbons (Fsp3) is 0.409. The maximum Gasteiger partial charge on any atom is 0.0729 e. The van der Waals surface area contributed by atoms with Gasteiger partial charge in [-0.15, -0.1) is 0 Å². The summed E-state index contributed by atoms with van der Waals surface area (Å²) in [7, 11) is 0. The zero-order valence-electron chi connectivity index (χ0n) is 15.6. The summed E-state index contributed by atoms with van der Waals surface area (Å²) in [4.78, 5) is 7.05. The highest BCUT2D eigenvalue weighted by molar-refractivity contribution is 6.12. The molecule has 1 unspecified atom stereocenters. The zero-order chi connectivity index (χ0) is 17.6. The highest BCUT2D eigenvalue weighted by Crippen LogP contribution is 2.30. The number of rotatable bonds is 8. The van der Waals surface area contributed by atoms with E-state index in [4.69, 9.17) is 0 Å². The van der Waals surface area contributed by atoms with Crippen molar-refractivity contribution in [2.45, 2.75) is 39.7 Å². The number of nitrogens with one attached hydrogen (secondary N) is 1. The molecule has 132 valence electrons. The first-order valence-electron chi connectivity index (χ1n) is 9.48. The largest absolute Gasteiger partial charge is 0.382 e. The van der Waals surface area contributed by atoms with E-state index in [2.05, 4.69) is 78.4 Å². The van der Waals surface area contributed by atoms with Gasteiger partial charge in [-0.2, -0.15) is 0 Å². The van der Waals surface area contributed by atoms with Crippen LogP contribution < -0.4 is 5.32 Å². The lowest BCUT2D eigenvalue weighted by molar-refractivity contribution is 0.295. The molecule has 3 rings (SSSR count). The molecule has 1 N–H and O–H groups in total. The van der Waals surface area contributed by atoms with Gasteiger partial charge in [-0.1, -0.05) is 44.2 Å². The van der Waals surface area contributed by atoms with Gasteiger partial charge in [0.1, 0.15) is 0 Å². The van der Waals surface area contributed by atoms with Crippen molar-refractivity contribution in [3.8, 4) is 0 Å². The standard InChI is InChI=1S/C22H29N3/c1-4-25(5-2)16-8-9-17(3)24-21-14-15-23-20-13-12-18-10-6-7-11-19(18)22(20)21/h6-7,10-15,17H,4-5,8-9,16H2,1-3H3,(H,23,24). The zero-order valence-corrected chi connectivity index (χ0v) is 15.6. The Morgan fingerprint density at radius 1 is 1.04 bits per heavy atom. The molecule has 0 aliphatic rings. The molecule has 0 amide bonds. The minimum absolute atomic E-state index is 0.445. The molecule has 0 fully saturated rings. The number of fused-ring (bicyclic) bond motifs is 3. The third-order valence-corrected chi connectivity index (χ3v) is 5.04. The van der Waals surface area contributed by atoms with Crippen molar-refractivity contribution < 1.29 is 0 Å². The van der Waals surface area contributed by atoms with Gasteiger partial charge >= 0.3 is 0 Å². The highest BCUT2D eigenvalue weighted by atomic mass is 15.1. The summed E-state index contributed by atoms with van der Waals surface area (Å²) < 4.78 is 0. The van der Waals surface area contributed by atoms with E-state index in [0.29, 0.717) is 6.04 Å². The SMILES string of the molecule is CCN(CC)CCCC(C)Nc1ccnc2ccc3ccccc3c12. The topological polar surface area (TPSA) is 28.2 Å². The number of benzene rings is 2. The van der Waals surface area contributed by atoms with E-state index in [9.17, 15) is 0 Å². The van der Waals surface area contributed by atoms with Crippen molar-refractivity contribution in [3.05, 3.63) is 48.7 Å². The first kappa shape index (κ1) is 17.7. The molecule has 25 heavy (non-hydrogen) atoms. The van der Waals surface area contributed by atoms with Gasteiger partial charge in [-0.25, -0.2) is 0 Å². The van der Waals surface area contributed by atoms with E-state index in [0.717, 1.165) is 18.6 Å². The molecule has 3 heteroatoms. The molecule has 3 nitrogen and oxygen atoms in total. The van der Waals surface area contributed by atoms with Crippen LogP contribution in [0.15, 0.2) is 48.7 Å². The summed E-state index contributed by atoms with van der Waals surface area (Å²) in [6.45, 7) is 10.2. The average Bonchev–Trinajstić information content (AvgIpc) is 2.65. The fourth-order valence-corrected chi connectivity index (χ4v) is 3.54. The average molecular weight is 335 g/mol. The third kappa shape index (κ3) is 4.10. The summed E-state index contributed by atoms with van der Waals surface area (Å²) in [5, 5.41) is 7.49. The second-order valence-electron chi connectivity index (χ2n) is 6.75. The van der Waals surface area contributed by atoms with E-state index >= 15 is 0 Å². The van der Waals surface area contributed by atoms with Gasteiger partial charge in [0, 0.05) is 23.3 Å². The smallest absolute Gasteiger partial charge is 0.0729 e. The van der Waals surface area contributed by atoms with Crippen LogP contribution >= 0.6 is 0 Å². The molecule has 0 bridgehead atoms. The van der Waals surface area contributed by atoms with Crippen molar-refractivity contribution in [3.63, 3.8) is 0 Å². The Hall–Kier alpha value is -2.13. The van der Waals surface area contributed by atoms with Crippen LogP contribution in [0, 0.1) is 0 Å². The van der Waals surface area contributed by atoms with Crippen LogP contribution in [0.1, 0.15) is 33.6 Å². The quantitative estimate of drug-likeness (QED) is 0.565. The maximum atomic E-state index is 4.56. The molecule has 0 spiro atoms. The molecule has 2 aromatic carbocycles. The summed E-state index contributed by atoms with van der Waals surface area (Å²) in [5.41, 5.74) is 2.25. The molecular formula is C22H29N3. The Morgan fingerprint density at radius 3 is 2.64 bits per heavy atom. The minimum Gasteiger partial charge on any atom is -0.382 e. The second kappa shape index (κ2) is 8.30. The fourth-order valence-electron chi connectivity index (χ4n) is 3.54. The molecule has 1 aromatic heterocycles. The molecule has 0 aliphatic heterocycles. The van der Waals surface area contributed by atoms with E-state index < -0.39 is 0 Å². The van der Waals surface area contributed by atoms with Gasteiger partial charge in [-0.3, -0.25) is 4.98 Å². The second-order valence-corrected chi connectivity index (χ2v) is 6.75. The summed E-state index contributed by atoms with van der Waals surface area (Å²) >= 11 is 0. The van der Waals surface area contributed by atoms with Crippen molar-refractivity contribution in [1.29, 1.82) is 0 Å². The Bertz CT molecular complexity index is 824. The molecule has 1 heterocycles. The Morgan fingerprint density at radius 2 is 1.84 bits per heavy atom. The lowest BCUT2D eigenvalue weighted by atomic mass is 10.0. The van der Waals surface area contributed by atoms with Crippen LogP contribution in [0.2, 0.25) is 0 Å². The van der Waals surface area contributed by atoms with E-state index in [1.807, 2.05) is 6.20 Å². The molecule has 0 aliphatic carbocycles. The highest BCUT2D eigenvalue weighted by Gasteiger charge is 2.09. The molecule has 3 aromatic rings. The summed E-state index contributed by atoms with van der Waals surface area (Å²) in [5.74, 6) is 0. The number of pyridine rings is 1. The van der Waals surface area contributed by atoms with E-state index in [1.54, 1.807) is 0 Å². The number of anilines is 1. The molecule has 0 saturated heterocycles. The molecule has 0 radical (unpaired) electrons. The lowest BCUT2D eigenvalue weighted by Crippen LogP contribution is -2.25. The normalized spacial score (nSPS) is 12.8.